The summed E-state index contributed by atoms with van der Waals surface area (Å²) in [6.45, 7) is 9.03. The Balaban J connectivity index is 2.49. The number of ketones is 1. The van der Waals surface area contributed by atoms with E-state index < -0.39 is 18.3 Å². The summed E-state index contributed by atoms with van der Waals surface area (Å²) in [4.78, 5) is 26.4. The summed E-state index contributed by atoms with van der Waals surface area (Å²) in [5.41, 5.74) is -0.868. The maximum Gasteiger partial charge on any atom is 0.512 e. The molecule has 1 fully saturated rings. The number of hydrogen-bond donors (Lipinski definition) is 1. The molecule has 1 aliphatic rings. The van der Waals surface area contributed by atoms with E-state index in [0.29, 0.717) is 5.59 Å². The van der Waals surface area contributed by atoms with Crippen LogP contribution in [0.2, 0.25) is 0 Å². The highest BCUT2D eigenvalue weighted by Crippen LogP contribution is 2.36. The van der Waals surface area contributed by atoms with E-state index in [1.165, 1.54) is 19.2 Å². The van der Waals surface area contributed by atoms with Gasteiger partial charge in [-0.2, -0.15) is 0 Å². The molecule has 0 radical (unpaired) electrons. The van der Waals surface area contributed by atoms with Crippen LogP contribution in [0.1, 0.15) is 45.0 Å². The van der Waals surface area contributed by atoms with Crippen molar-refractivity contribution < 1.29 is 14.1 Å². The third-order valence-corrected chi connectivity index (χ3v) is 3.83. The lowest BCUT2D eigenvalue weighted by Crippen LogP contribution is -2.43. The van der Waals surface area contributed by atoms with Gasteiger partial charge >= 0.3 is 7.12 Å². The zero-order valence-electron chi connectivity index (χ0n) is 11.9. The van der Waals surface area contributed by atoms with Crippen molar-refractivity contribution in [2.24, 2.45) is 0 Å². The van der Waals surface area contributed by atoms with E-state index in [-0.39, 0.29) is 16.8 Å². The number of carbonyl (C=O) groups is 1. The van der Waals surface area contributed by atoms with Crippen molar-refractivity contribution in [2.45, 2.75) is 45.8 Å². The molecule has 0 aliphatic carbocycles. The molecule has 1 aromatic rings. The van der Waals surface area contributed by atoms with Gasteiger partial charge in [0.25, 0.3) is 0 Å². The van der Waals surface area contributed by atoms with Crippen molar-refractivity contribution in [3.63, 3.8) is 0 Å². The average Bonchev–Trinajstić information content (AvgIpc) is 2.47. The largest absolute Gasteiger partial charge is 0.512 e. The number of nitrogens with one attached hydrogen (secondary N) is 1. The molecule has 2 rings (SSSR count). The number of rotatable bonds is 2. The van der Waals surface area contributed by atoms with E-state index in [4.69, 9.17) is 9.31 Å². The molecule has 19 heavy (non-hydrogen) atoms. The summed E-state index contributed by atoms with van der Waals surface area (Å²) in [5, 5.41) is 0. The average molecular weight is 263 g/mol. The summed E-state index contributed by atoms with van der Waals surface area (Å²) in [7, 11) is -0.738. The van der Waals surface area contributed by atoms with E-state index in [2.05, 4.69) is 4.98 Å². The first-order valence-electron chi connectivity index (χ1n) is 6.24. The fraction of sp³-hybridized carbons (Fsp3) is 0.538. The quantitative estimate of drug-likeness (QED) is 0.635. The Labute approximate surface area is 112 Å². The SMILES string of the molecule is CC(=O)c1c(B2OC(C)(C)C(C)(C)O2)[nH]ccc1=O. The number of aromatic amines is 1. The van der Waals surface area contributed by atoms with Crippen LogP contribution < -0.4 is 11.0 Å². The number of Topliss-reactive ketones (excluding diaryl/α,β-unsaturated/α-hetero) is 1. The van der Waals surface area contributed by atoms with Crippen LogP contribution in [-0.4, -0.2) is 29.1 Å². The molecule has 0 bridgehead atoms. The van der Waals surface area contributed by atoms with Gasteiger partial charge in [-0.1, -0.05) is 0 Å². The van der Waals surface area contributed by atoms with Gasteiger partial charge < -0.3 is 14.3 Å². The van der Waals surface area contributed by atoms with Crippen molar-refractivity contribution in [3.05, 3.63) is 28.0 Å². The fourth-order valence-electron chi connectivity index (χ4n) is 2.01. The first kappa shape index (κ1) is 14.0. The summed E-state index contributed by atoms with van der Waals surface area (Å²) < 4.78 is 11.7. The molecular formula is C13H18BNO4. The Morgan fingerprint density at radius 3 is 2.21 bits per heavy atom. The first-order chi connectivity index (χ1) is 8.66. The highest BCUT2D eigenvalue weighted by atomic mass is 16.7. The van der Waals surface area contributed by atoms with Crippen molar-refractivity contribution in [1.29, 1.82) is 0 Å². The molecule has 1 aromatic heterocycles. The van der Waals surface area contributed by atoms with Gasteiger partial charge in [0.15, 0.2) is 11.2 Å². The molecule has 0 amide bonds. The van der Waals surface area contributed by atoms with E-state index in [1.807, 2.05) is 27.7 Å². The van der Waals surface area contributed by atoms with E-state index in [1.54, 1.807) is 0 Å². The third kappa shape index (κ3) is 2.26. The fourth-order valence-corrected chi connectivity index (χ4v) is 2.01. The number of carbonyl (C=O) groups excluding carboxylic acids is 1. The molecule has 6 heteroatoms. The van der Waals surface area contributed by atoms with Gasteiger partial charge in [-0.15, -0.1) is 0 Å². The highest BCUT2D eigenvalue weighted by molar-refractivity contribution is 6.62. The van der Waals surface area contributed by atoms with Crippen molar-refractivity contribution in [2.75, 3.05) is 0 Å². The molecule has 1 N–H and O–H groups in total. The molecule has 102 valence electrons. The minimum atomic E-state index is -0.738. The molecule has 0 saturated carbocycles. The Morgan fingerprint density at radius 2 is 1.74 bits per heavy atom. The second kappa shape index (κ2) is 4.32. The van der Waals surface area contributed by atoms with E-state index in [9.17, 15) is 9.59 Å². The minimum Gasteiger partial charge on any atom is -0.398 e. The van der Waals surface area contributed by atoms with Gasteiger partial charge in [0.05, 0.1) is 22.4 Å². The first-order valence-corrected chi connectivity index (χ1v) is 6.24. The zero-order valence-corrected chi connectivity index (χ0v) is 11.9. The van der Waals surface area contributed by atoms with Crippen molar-refractivity contribution in [3.8, 4) is 0 Å². The topological polar surface area (TPSA) is 68.4 Å². The molecule has 0 spiro atoms. The van der Waals surface area contributed by atoms with Gasteiger partial charge in [0.1, 0.15) is 0 Å². The second-order valence-electron chi connectivity index (χ2n) is 5.78. The van der Waals surface area contributed by atoms with Crippen molar-refractivity contribution >= 4 is 18.5 Å². The number of hydrogen-bond acceptors (Lipinski definition) is 4. The van der Waals surface area contributed by atoms with Crippen LogP contribution in [0.4, 0.5) is 0 Å². The normalized spacial score (nSPS) is 20.6. The van der Waals surface area contributed by atoms with Crippen LogP contribution in [0.3, 0.4) is 0 Å². The molecule has 2 heterocycles. The molecule has 0 atom stereocenters. The van der Waals surface area contributed by atoms with Crippen LogP contribution in [0, 0.1) is 0 Å². The van der Waals surface area contributed by atoms with Crippen LogP contribution in [-0.2, 0) is 9.31 Å². The van der Waals surface area contributed by atoms with E-state index >= 15 is 0 Å². The van der Waals surface area contributed by atoms with Crippen LogP contribution in [0.5, 0.6) is 0 Å². The Hall–Kier alpha value is -1.40. The lowest BCUT2D eigenvalue weighted by atomic mass is 9.80. The molecule has 0 aromatic carbocycles. The van der Waals surface area contributed by atoms with Gasteiger partial charge in [-0.05, 0) is 34.6 Å². The summed E-state index contributed by atoms with van der Waals surface area (Å²) in [6, 6.07) is 1.32. The maximum absolute atomic E-state index is 11.8. The number of H-pyrrole nitrogens is 1. The van der Waals surface area contributed by atoms with Gasteiger partial charge in [-0.3, -0.25) is 9.59 Å². The van der Waals surface area contributed by atoms with Crippen LogP contribution >= 0.6 is 0 Å². The van der Waals surface area contributed by atoms with Gasteiger partial charge in [-0.25, -0.2) is 0 Å². The molecule has 5 nitrogen and oxygen atoms in total. The Morgan fingerprint density at radius 1 is 1.21 bits per heavy atom. The van der Waals surface area contributed by atoms with Gasteiger partial charge in [0.2, 0.25) is 0 Å². The Bertz CT molecular complexity index is 560. The predicted molar refractivity (Wildman–Crippen MR) is 72.8 cm³/mol. The summed E-state index contributed by atoms with van der Waals surface area (Å²) >= 11 is 0. The smallest absolute Gasteiger partial charge is 0.398 e. The lowest BCUT2D eigenvalue weighted by molar-refractivity contribution is 0.00578. The molecule has 1 saturated heterocycles. The standard InChI is InChI=1S/C13H18BNO4/c1-8(16)10-9(17)6-7-15-11(10)14-18-12(2,3)13(4,5)19-14/h6-7H,1-5H3,(H,15,17). The highest BCUT2D eigenvalue weighted by Gasteiger charge is 2.53. The third-order valence-electron chi connectivity index (χ3n) is 3.83. The second-order valence-corrected chi connectivity index (χ2v) is 5.78. The number of pyridine rings is 1. The molecular weight excluding hydrogens is 245 g/mol. The zero-order chi connectivity index (χ0) is 14.4. The monoisotopic (exact) mass is 263 g/mol. The minimum absolute atomic E-state index is 0.0981. The lowest BCUT2D eigenvalue weighted by Gasteiger charge is -2.32. The molecule has 0 unspecified atom stereocenters. The van der Waals surface area contributed by atoms with Gasteiger partial charge in [0, 0.05) is 12.3 Å². The maximum atomic E-state index is 11.8. The van der Waals surface area contributed by atoms with Crippen LogP contribution in [0.15, 0.2) is 17.1 Å². The predicted octanol–water partition coefficient (Wildman–Crippen LogP) is 0.877. The van der Waals surface area contributed by atoms with Crippen molar-refractivity contribution in [1.82, 2.24) is 4.98 Å². The van der Waals surface area contributed by atoms with E-state index in [0.717, 1.165) is 0 Å². The van der Waals surface area contributed by atoms with Crippen LogP contribution in [0.25, 0.3) is 0 Å². The molecule has 1 aliphatic heterocycles. The number of aromatic nitrogens is 1. The summed E-state index contributed by atoms with van der Waals surface area (Å²) in [5.74, 6) is -0.299. The Kier molecular flexibility index (Phi) is 3.19. The summed E-state index contributed by atoms with van der Waals surface area (Å²) in [6.07, 6.45) is 1.50.